The fourth-order valence-electron chi connectivity index (χ4n) is 6.79. The van der Waals surface area contributed by atoms with Gasteiger partial charge < -0.3 is 9.84 Å². The lowest BCUT2D eigenvalue weighted by atomic mass is 9.33. The zero-order chi connectivity index (χ0) is 30.2. The summed E-state index contributed by atoms with van der Waals surface area (Å²) < 4.78 is 7.20. The zero-order valence-electron chi connectivity index (χ0n) is 24.6. The number of benzene rings is 6. The molecule has 6 aromatic carbocycles. The highest BCUT2D eigenvalue weighted by atomic mass is 16.5. The van der Waals surface area contributed by atoms with E-state index in [9.17, 15) is 5.11 Å². The van der Waals surface area contributed by atoms with Gasteiger partial charge in [-0.15, -0.1) is 0 Å². The van der Waals surface area contributed by atoms with Crippen molar-refractivity contribution in [3.05, 3.63) is 187 Å². The van der Waals surface area contributed by atoms with Gasteiger partial charge in [-0.1, -0.05) is 158 Å². The first kappa shape index (κ1) is 26.8. The van der Waals surface area contributed by atoms with Crippen LogP contribution in [0.4, 0.5) is 0 Å². The van der Waals surface area contributed by atoms with Crippen molar-refractivity contribution >= 4 is 23.2 Å². The number of hydrogen-bond acceptors (Lipinski definition) is 2. The molecule has 2 aliphatic rings. The summed E-state index contributed by atoms with van der Waals surface area (Å²) in [7, 11) is 0. The lowest BCUT2D eigenvalue weighted by molar-refractivity contribution is 0.471. The second-order valence-corrected chi connectivity index (χ2v) is 11.4. The predicted octanol–water partition coefficient (Wildman–Crippen LogP) is 9.38. The molecule has 0 spiro atoms. The molecule has 0 atom stereocenters. The van der Waals surface area contributed by atoms with E-state index in [1.807, 2.05) is 18.2 Å². The van der Waals surface area contributed by atoms with Crippen LogP contribution in [0.15, 0.2) is 176 Å². The van der Waals surface area contributed by atoms with E-state index in [4.69, 9.17) is 4.74 Å². The summed E-state index contributed by atoms with van der Waals surface area (Å²) in [6, 6.07) is 50.6. The van der Waals surface area contributed by atoms with E-state index >= 15 is 0 Å². The van der Waals surface area contributed by atoms with Gasteiger partial charge in [0.25, 0.3) is 6.71 Å². The van der Waals surface area contributed by atoms with Gasteiger partial charge in [-0.25, -0.2) is 0 Å². The summed E-state index contributed by atoms with van der Waals surface area (Å²) >= 11 is 0. The van der Waals surface area contributed by atoms with Gasteiger partial charge in [0.2, 0.25) is 0 Å². The average molecular weight is 577 g/mol. The van der Waals surface area contributed by atoms with Crippen LogP contribution in [0.5, 0.6) is 11.5 Å². The molecule has 2 nitrogen and oxygen atoms in total. The maximum Gasteiger partial charge on any atom is 0.255 e. The molecule has 2 aliphatic heterocycles. The number of fused-ring (bicyclic) bond motifs is 2. The number of aliphatic hydroxyl groups excluding tert-OH is 1. The molecule has 0 aliphatic carbocycles. The lowest BCUT2D eigenvalue weighted by Gasteiger charge is -2.34. The van der Waals surface area contributed by atoms with Gasteiger partial charge in [0.1, 0.15) is 11.5 Å². The van der Waals surface area contributed by atoms with Crippen molar-refractivity contribution in [2.75, 3.05) is 0 Å². The van der Waals surface area contributed by atoms with Crippen LogP contribution < -0.4 is 15.7 Å². The van der Waals surface area contributed by atoms with Crippen LogP contribution in [0.25, 0.3) is 39.0 Å². The van der Waals surface area contributed by atoms with Gasteiger partial charge in [-0.3, -0.25) is 0 Å². The topological polar surface area (TPSA) is 29.5 Å². The number of hydrogen-bond donors (Lipinski definition) is 1. The Labute approximate surface area is 264 Å². The minimum atomic E-state index is -0.276. The van der Waals surface area contributed by atoms with Crippen LogP contribution in [0.2, 0.25) is 0 Å². The lowest BCUT2D eigenvalue weighted by Crippen LogP contribution is -2.50. The van der Waals surface area contributed by atoms with Gasteiger partial charge in [-0.2, -0.15) is 0 Å². The monoisotopic (exact) mass is 576 g/mol. The third-order valence-electron chi connectivity index (χ3n) is 8.81. The van der Waals surface area contributed by atoms with Crippen LogP contribution in [-0.4, -0.2) is 11.8 Å². The molecule has 0 fully saturated rings. The summed E-state index contributed by atoms with van der Waals surface area (Å²) in [5, 5.41) is 10.8. The summed E-state index contributed by atoms with van der Waals surface area (Å²) in [5.74, 6) is 1.63. The number of aliphatic hydroxyl groups is 1. The SMILES string of the molecule is O/C=C1/C=C\C=C(\c2ccccc2)c2c(-c3ccccc3)cc(-c3ccccc3)c3c2B1c1cccc(-c2ccccc2)c1O3. The maximum atomic E-state index is 10.8. The molecule has 0 saturated carbocycles. The second-order valence-electron chi connectivity index (χ2n) is 11.4. The Morgan fingerprint density at radius 2 is 1.09 bits per heavy atom. The van der Waals surface area contributed by atoms with Crippen molar-refractivity contribution in [1.82, 2.24) is 0 Å². The quantitative estimate of drug-likeness (QED) is 0.167. The highest BCUT2D eigenvalue weighted by Crippen LogP contribution is 2.46. The molecule has 0 aromatic heterocycles. The van der Waals surface area contributed by atoms with Gasteiger partial charge in [0.15, 0.2) is 0 Å². The predicted molar refractivity (Wildman–Crippen MR) is 188 cm³/mol. The molecule has 45 heavy (non-hydrogen) atoms. The molecule has 1 N–H and O–H groups in total. The molecule has 2 heterocycles. The summed E-state index contributed by atoms with van der Waals surface area (Å²) in [6.45, 7) is -0.276. The standard InChI is InChI=1S/C42H29BO2/c44-28-33-23-13-24-34(29-15-5-1-6-16-29)39-36(31-19-9-3-10-20-31)27-37(32-21-11-4-12-22-32)42-40(39)43(33)38-26-14-25-35(41(38)45-42)30-17-7-2-8-18-30/h1-28,44H/b23-13-,33-28-,34-24-. The molecule has 0 unspecified atom stereocenters. The van der Waals surface area contributed by atoms with Crippen LogP contribution >= 0.6 is 0 Å². The molecule has 0 amide bonds. The molecule has 8 rings (SSSR count). The van der Waals surface area contributed by atoms with Gasteiger partial charge in [-0.05, 0) is 61.4 Å². The molecule has 6 aromatic rings. The van der Waals surface area contributed by atoms with E-state index < -0.39 is 0 Å². The summed E-state index contributed by atoms with van der Waals surface area (Å²) in [6.07, 6.45) is 7.51. The fourth-order valence-corrected chi connectivity index (χ4v) is 6.79. The van der Waals surface area contributed by atoms with E-state index in [0.717, 1.165) is 78.0 Å². The van der Waals surface area contributed by atoms with E-state index in [-0.39, 0.29) is 6.71 Å². The van der Waals surface area contributed by atoms with Gasteiger partial charge in [0, 0.05) is 11.1 Å². The van der Waals surface area contributed by atoms with Crippen molar-refractivity contribution < 1.29 is 9.84 Å². The molecule has 0 saturated heterocycles. The number of ether oxygens (including phenoxy) is 1. The molecule has 3 heteroatoms. The zero-order valence-corrected chi connectivity index (χ0v) is 24.6. The minimum absolute atomic E-state index is 0.276. The Kier molecular flexibility index (Phi) is 6.77. The fraction of sp³-hybridized carbons (Fsp3) is 0. The van der Waals surface area contributed by atoms with E-state index in [2.05, 4.69) is 146 Å². The molecule has 212 valence electrons. The van der Waals surface area contributed by atoms with E-state index in [0.29, 0.717) is 0 Å². The van der Waals surface area contributed by atoms with Gasteiger partial charge >= 0.3 is 0 Å². The van der Waals surface area contributed by atoms with Crippen molar-refractivity contribution in [2.24, 2.45) is 0 Å². The summed E-state index contributed by atoms with van der Waals surface area (Å²) in [5.41, 5.74) is 12.6. The molecule has 0 bridgehead atoms. The first-order chi connectivity index (χ1) is 22.3. The highest BCUT2D eigenvalue weighted by Gasteiger charge is 2.40. The number of para-hydroxylation sites is 1. The third-order valence-corrected chi connectivity index (χ3v) is 8.81. The molecular formula is C42H29BO2. The maximum absolute atomic E-state index is 10.8. The van der Waals surface area contributed by atoms with Crippen molar-refractivity contribution in [1.29, 1.82) is 0 Å². The van der Waals surface area contributed by atoms with E-state index in [1.54, 1.807) is 0 Å². The minimum Gasteiger partial charge on any atom is -0.516 e. The summed E-state index contributed by atoms with van der Waals surface area (Å²) in [4.78, 5) is 0. The van der Waals surface area contributed by atoms with Crippen molar-refractivity contribution in [2.45, 2.75) is 0 Å². The average Bonchev–Trinajstić information content (AvgIpc) is 3.11. The highest BCUT2D eigenvalue weighted by molar-refractivity contribution is 6.93. The third kappa shape index (κ3) is 4.61. The number of allylic oxidation sites excluding steroid dienone is 4. The Morgan fingerprint density at radius 3 is 1.69 bits per heavy atom. The largest absolute Gasteiger partial charge is 0.516 e. The Hall–Kier alpha value is -5.80. The van der Waals surface area contributed by atoms with Crippen molar-refractivity contribution in [3.8, 4) is 44.9 Å². The second kappa shape index (κ2) is 11.4. The van der Waals surface area contributed by atoms with Crippen LogP contribution in [0, 0.1) is 0 Å². The molecule has 0 radical (unpaired) electrons. The smallest absolute Gasteiger partial charge is 0.255 e. The van der Waals surface area contributed by atoms with Crippen LogP contribution in [0.3, 0.4) is 0 Å². The van der Waals surface area contributed by atoms with Gasteiger partial charge in [0.05, 0.1) is 6.26 Å². The van der Waals surface area contributed by atoms with E-state index in [1.165, 1.54) is 6.26 Å². The van der Waals surface area contributed by atoms with Crippen LogP contribution in [-0.2, 0) is 0 Å². The normalized spacial score (nSPS) is 16.0. The number of rotatable bonds is 4. The Morgan fingerprint density at radius 1 is 0.533 bits per heavy atom. The first-order valence-corrected chi connectivity index (χ1v) is 15.3. The van der Waals surface area contributed by atoms with Crippen molar-refractivity contribution in [3.63, 3.8) is 0 Å². The Balaban J connectivity index is 1.54. The van der Waals surface area contributed by atoms with Crippen LogP contribution in [0.1, 0.15) is 11.1 Å². The first-order valence-electron chi connectivity index (χ1n) is 15.3. The Bertz CT molecular complexity index is 2110. The molecular weight excluding hydrogens is 547 g/mol.